The van der Waals surface area contributed by atoms with E-state index in [0.717, 1.165) is 0 Å². The molecule has 1 saturated heterocycles. The summed E-state index contributed by atoms with van der Waals surface area (Å²) >= 11 is 14.1. The molecule has 1 aliphatic heterocycles. The second-order valence-electron chi connectivity index (χ2n) is 20.0. The van der Waals surface area contributed by atoms with Crippen LogP contribution < -0.4 is 50.8 Å². The smallest absolute Gasteiger partial charge is 0.506 e. The molecule has 1 fully saturated rings. The summed E-state index contributed by atoms with van der Waals surface area (Å²) in [6, 6.07) is 0. The van der Waals surface area contributed by atoms with Gasteiger partial charge in [-0.25, -0.2) is 0 Å². The van der Waals surface area contributed by atoms with Crippen molar-refractivity contribution in [3.05, 3.63) is 73.1 Å². The fraction of sp³-hybridized carbons (Fsp3) is 0.462. The van der Waals surface area contributed by atoms with Crippen LogP contribution in [0.25, 0.3) is 0 Å². The zero-order valence-corrected chi connectivity index (χ0v) is 68.2. The third-order valence-electron chi connectivity index (χ3n) is 13.9. The molecule has 0 spiro atoms. The Hall–Kier alpha value is 0.754. The van der Waals surface area contributed by atoms with Crippen LogP contribution in [0.4, 0.5) is 0 Å². The fourth-order valence-corrected chi connectivity index (χ4v) is 17.6. The largest absolute Gasteiger partial charge is 3.00 e. The molecule has 0 radical (unpaired) electrons. The standard InChI is InChI=1S/C52H64I8N8O20.Lu.Na/c53-33-29(49(85)61-9-21(73)17-69)34(54)42(78)25(41(33)77)13-65-1-2-66(14-26-43(79)35(55)30(36(56)44(26)80)50(86)62-10-22(74)18-70)5-6-68(16-28-47(83)39(59)32(40(60)48(28)84)52(88)64-12-24(76)20-72)8-7-67(4-3-65)15-27-45(81)37(57)31(38(58)46(27)82)51(87)63-11-23(75)19-71;;/h21-24,69-84H,1-20H2,(H,61,85)(H,62,86)(H,63,87)(H,64,88);;/q;+3;+1. The molecule has 0 saturated carbocycles. The molecule has 20 N–H and O–H groups in total. The van der Waals surface area contributed by atoms with E-state index in [0.29, 0.717) is 0 Å². The van der Waals surface area contributed by atoms with Crippen LogP contribution in [0.5, 0.6) is 46.0 Å². The Morgan fingerprint density at radius 2 is 0.456 bits per heavy atom. The van der Waals surface area contributed by atoms with Gasteiger partial charge in [0.2, 0.25) is 0 Å². The van der Waals surface area contributed by atoms with Crippen molar-refractivity contribution in [2.45, 2.75) is 50.6 Å². The molecule has 4 aromatic carbocycles. The predicted molar refractivity (Wildman–Crippen MR) is 384 cm³/mol. The van der Waals surface area contributed by atoms with Crippen molar-refractivity contribution < 1.29 is 167 Å². The van der Waals surface area contributed by atoms with E-state index < -0.39 is 120 Å². The maximum Gasteiger partial charge on any atom is 3.00 e. The Morgan fingerprint density at radius 3 is 0.578 bits per heavy atom. The van der Waals surface area contributed by atoms with E-state index in [4.69, 9.17) is 0 Å². The molecule has 5 rings (SSSR count). The third kappa shape index (κ3) is 21.9. The van der Waals surface area contributed by atoms with Gasteiger partial charge in [0.1, 0.15) is 46.0 Å². The van der Waals surface area contributed by atoms with Crippen molar-refractivity contribution >= 4 is 204 Å². The number of hydrogen-bond donors (Lipinski definition) is 20. The number of phenolic OH excluding ortho intramolecular Hbond substituents is 8. The number of carbonyl (C=O) groups is 4. The molecule has 0 bridgehead atoms. The fourth-order valence-electron chi connectivity index (χ4n) is 8.80. The first-order valence-corrected chi connectivity index (χ1v) is 34.9. The Morgan fingerprint density at radius 1 is 0.322 bits per heavy atom. The zero-order valence-electron chi connectivity index (χ0n) is 47.3. The number of rotatable bonds is 24. The first kappa shape index (κ1) is 85.0. The number of nitrogens with one attached hydrogen (secondary N) is 4. The molecule has 500 valence electrons. The number of carbonyl (C=O) groups excluding carboxylic acids is 4. The van der Waals surface area contributed by atoms with Crippen LogP contribution in [0.2, 0.25) is 0 Å². The van der Waals surface area contributed by atoms with Gasteiger partial charge in [-0.05, 0) is 181 Å². The number of hydrogen-bond acceptors (Lipinski definition) is 24. The van der Waals surface area contributed by atoms with Crippen LogP contribution in [-0.4, -0.2) is 254 Å². The molecule has 4 atom stereocenters. The van der Waals surface area contributed by atoms with Crippen molar-refractivity contribution in [1.82, 2.24) is 40.9 Å². The second kappa shape index (κ2) is 40.1. The minimum atomic E-state index is -1.29. The monoisotopic (exact) mass is 2330 g/mol. The van der Waals surface area contributed by atoms with Gasteiger partial charge in [-0.3, -0.25) is 38.8 Å². The summed E-state index contributed by atoms with van der Waals surface area (Å²) in [5, 5.41) is 182. The molecule has 1 heterocycles. The predicted octanol–water partition coefficient (Wildman–Crippen LogP) is -2.17. The molecule has 4 unspecified atom stereocenters. The number of aliphatic hydroxyl groups excluding tert-OH is 8. The normalized spacial score (nSPS) is 15.3. The molecule has 4 amide bonds. The Bertz CT molecular complexity index is 2680. The van der Waals surface area contributed by atoms with Crippen molar-refractivity contribution in [2.75, 3.05) is 105 Å². The van der Waals surface area contributed by atoms with Gasteiger partial charge in [0.15, 0.2) is 0 Å². The van der Waals surface area contributed by atoms with Crippen molar-refractivity contribution in [3.8, 4) is 46.0 Å². The van der Waals surface area contributed by atoms with E-state index in [-0.39, 0.29) is 244 Å². The third-order valence-corrected chi connectivity index (χ3v) is 22.3. The van der Waals surface area contributed by atoms with E-state index in [1.54, 1.807) is 181 Å². The molecule has 28 nitrogen and oxygen atoms in total. The molecule has 1 aliphatic rings. The molecule has 38 heteroatoms. The molecule has 0 aromatic heterocycles. The number of aromatic hydroxyl groups is 8. The summed E-state index contributed by atoms with van der Waals surface area (Å²) in [5.41, 5.74) is -0.388. The van der Waals surface area contributed by atoms with Gasteiger partial charge in [-0.2, -0.15) is 0 Å². The summed E-state index contributed by atoms with van der Waals surface area (Å²) in [6.45, 7) is -3.98. The average molecular weight is 2330 g/mol. The number of benzene rings is 4. The minimum Gasteiger partial charge on any atom is -0.506 e. The van der Waals surface area contributed by atoms with Crippen molar-refractivity contribution in [1.29, 1.82) is 0 Å². The number of nitrogens with zero attached hydrogens (tertiary/aromatic N) is 4. The SMILES string of the molecule is O=C(NCC(O)CO)c1c(I)c(O)c(CN2CCN(Cc3c(O)c(I)c(C(=O)NCC(O)CO)c(I)c3O)CCN(Cc3c(O)c(I)c(C(=O)NCC(O)CO)c(I)c3O)CCN(Cc3c(O)c(I)c(C(=O)NCC(O)CO)c(I)c3O)CC2)c(O)c1I.[Lu+3].[Na+]. The first-order valence-electron chi connectivity index (χ1n) is 26.3. The van der Waals surface area contributed by atoms with Gasteiger partial charge < -0.3 is 103 Å². The van der Waals surface area contributed by atoms with Crippen LogP contribution in [-0.2, 0) is 26.2 Å². The molecule has 4 aromatic rings. The van der Waals surface area contributed by atoms with Gasteiger partial charge in [0.05, 0.1) is 124 Å². The average Bonchev–Trinajstić information content (AvgIpc) is 2.59. The number of aliphatic hydroxyl groups is 8. The Balaban J connectivity index is 0.0000106. The summed E-state index contributed by atoms with van der Waals surface area (Å²) in [4.78, 5) is 61.1. The van der Waals surface area contributed by atoms with Gasteiger partial charge in [-0.15, -0.1) is 0 Å². The van der Waals surface area contributed by atoms with Crippen LogP contribution in [0, 0.1) is 65.4 Å². The van der Waals surface area contributed by atoms with E-state index in [1.807, 2.05) is 19.6 Å². The van der Waals surface area contributed by atoms with E-state index in [1.165, 1.54) is 0 Å². The molecule has 90 heavy (non-hydrogen) atoms. The Kier molecular flexibility index (Phi) is 37.9. The van der Waals surface area contributed by atoms with Crippen molar-refractivity contribution in [2.24, 2.45) is 0 Å². The van der Waals surface area contributed by atoms with Crippen LogP contribution in [0.15, 0.2) is 0 Å². The van der Waals surface area contributed by atoms with E-state index in [2.05, 4.69) is 21.3 Å². The summed E-state index contributed by atoms with van der Waals surface area (Å²) in [6.07, 6.45) is -5.16. The van der Waals surface area contributed by atoms with Crippen molar-refractivity contribution in [3.63, 3.8) is 0 Å². The first-order chi connectivity index (χ1) is 41.4. The topological polar surface area (TPSA) is 453 Å². The number of halogens is 8. The van der Waals surface area contributed by atoms with Crippen LogP contribution >= 0.6 is 181 Å². The van der Waals surface area contributed by atoms with Gasteiger partial charge in [0.25, 0.3) is 23.6 Å². The number of phenols is 8. The second-order valence-corrected chi connectivity index (χ2v) is 28.6. The molecule has 0 aliphatic carbocycles. The van der Waals surface area contributed by atoms with Gasteiger partial charge >= 0.3 is 66.4 Å². The number of amides is 4. The molecular formula is C52H64I8LuN8NaO20+4. The summed E-state index contributed by atoms with van der Waals surface area (Å²) in [7, 11) is 0. The van der Waals surface area contributed by atoms with E-state index >= 15 is 0 Å². The van der Waals surface area contributed by atoms with Crippen LogP contribution in [0.1, 0.15) is 63.7 Å². The summed E-state index contributed by atoms with van der Waals surface area (Å²) < 4.78 is 0.403. The van der Waals surface area contributed by atoms with Gasteiger partial charge in [0, 0.05) is 105 Å². The van der Waals surface area contributed by atoms with Crippen LogP contribution in [0.3, 0.4) is 0 Å². The molecular weight excluding hydrogens is 2270 g/mol. The quantitative estimate of drug-likeness (QED) is 0.0262. The minimum absolute atomic E-state index is 0. The Labute approximate surface area is 676 Å². The maximum atomic E-state index is 13.4. The maximum absolute atomic E-state index is 13.4. The van der Waals surface area contributed by atoms with Gasteiger partial charge in [-0.1, -0.05) is 0 Å². The summed E-state index contributed by atoms with van der Waals surface area (Å²) in [5.74, 6) is -6.63. The van der Waals surface area contributed by atoms with E-state index in [9.17, 15) is 101 Å². The zero-order chi connectivity index (χ0) is 65.8.